The Hall–Kier alpha value is -3.72. The number of carbonyl (C=O) groups excluding carboxylic acids is 2. The molecular weight excluding hydrogens is 505 g/mol. The second-order valence-corrected chi connectivity index (χ2v) is 11.2. The van der Waals surface area contributed by atoms with Gasteiger partial charge in [-0.15, -0.1) is 0 Å². The van der Waals surface area contributed by atoms with E-state index in [1.165, 1.54) is 28.4 Å². The Morgan fingerprint density at radius 3 is 2.24 bits per heavy atom. The molecule has 0 unspecified atom stereocenters. The van der Waals surface area contributed by atoms with Gasteiger partial charge < -0.3 is 10.2 Å². The van der Waals surface area contributed by atoms with Crippen molar-refractivity contribution in [1.29, 1.82) is 0 Å². The van der Waals surface area contributed by atoms with E-state index in [-0.39, 0.29) is 37.7 Å². The number of rotatable bonds is 12. The lowest BCUT2D eigenvalue weighted by molar-refractivity contribution is -0.141. The molecule has 0 heterocycles. The third-order valence-corrected chi connectivity index (χ3v) is 7.42. The molecular formula is C29H34FN3O4S. The van der Waals surface area contributed by atoms with Gasteiger partial charge in [-0.25, -0.2) is 12.8 Å². The minimum Gasteiger partial charge on any atom is -0.357 e. The zero-order chi connectivity index (χ0) is 27.7. The Kier molecular flexibility index (Phi) is 10.0. The smallest absolute Gasteiger partial charge is 0.242 e. The van der Waals surface area contributed by atoms with Crippen molar-refractivity contribution in [1.82, 2.24) is 10.2 Å². The van der Waals surface area contributed by atoms with Gasteiger partial charge in [0, 0.05) is 33.0 Å². The zero-order valence-corrected chi connectivity index (χ0v) is 22.7. The summed E-state index contributed by atoms with van der Waals surface area (Å²) in [4.78, 5) is 28.1. The average Bonchev–Trinajstić information content (AvgIpc) is 2.89. The molecule has 2 amide bonds. The Bertz CT molecular complexity index is 1330. The Morgan fingerprint density at radius 1 is 0.947 bits per heavy atom. The van der Waals surface area contributed by atoms with Gasteiger partial charge in [-0.2, -0.15) is 0 Å². The number of sulfonamides is 1. The van der Waals surface area contributed by atoms with Gasteiger partial charge in [-0.05, 0) is 54.3 Å². The Balaban J connectivity index is 1.84. The third kappa shape index (κ3) is 8.14. The molecule has 7 nitrogen and oxygen atoms in total. The lowest BCUT2D eigenvalue weighted by Crippen LogP contribution is -2.49. The van der Waals surface area contributed by atoms with Gasteiger partial charge in [-0.3, -0.25) is 13.9 Å². The number of halogens is 1. The van der Waals surface area contributed by atoms with E-state index in [9.17, 15) is 22.4 Å². The first-order chi connectivity index (χ1) is 18.1. The quantitative estimate of drug-likeness (QED) is 0.376. The summed E-state index contributed by atoms with van der Waals surface area (Å²) in [5.74, 6) is -1.01. The van der Waals surface area contributed by atoms with Crippen LogP contribution in [0.1, 0.15) is 29.5 Å². The third-order valence-electron chi connectivity index (χ3n) is 6.23. The van der Waals surface area contributed by atoms with Crippen molar-refractivity contribution >= 4 is 27.5 Å². The standard InChI is InChI=1S/C29H34FN3O4S/c1-22-9-7-12-26(19-22)33(38(3,36)37)18-8-13-28(34)32(21-24-14-16-25(30)17-15-24)27(29(35)31-2)20-23-10-5-4-6-11-23/h4-7,9-12,14-17,19,27H,8,13,18,20-21H2,1-3H3,(H,31,35)/t27-/m1/s1. The molecule has 9 heteroatoms. The number of benzene rings is 3. The van der Waals surface area contributed by atoms with Crippen LogP contribution >= 0.6 is 0 Å². The second kappa shape index (κ2) is 13.2. The van der Waals surface area contributed by atoms with Crippen LogP contribution in [-0.4, -0.2) is 51.0 Å². The van der Waals surface area contributed by atoms with Gasteiger partial charge in [-0.1, -0.05) is 54.6 Å². The summed E-state index contributed by atoms with van der Waals surface area (Å²) in [6.45, 7) is 2.10. The maximum atomic E-state index is 13.6. The van der Waals surface area contributed by atoms with Crippen molar-refractivity contribution in [2.75, 3.05) is 24.2 Å². The maximum Gasteiger partial charge on any atom is 0.242 e. The highest BCUT2D eigenvalue weighted by molar-refractivity contribution is 7.92. The normalized spacial score (nSPS) is 12.0. The molecule has 0 radical (unpaired) electrons. The summed E-state index contributed by atoms with van der Waals surface area (Å²) in [5, 5.41) is 2.66. The van der Waals surface area contributed by atoms with Gasteiger partial charge in [0.25, 0.3) is 0 Å². The minimum absolute atomic E-state index is 0.0291. The molecule has 1 atom stereocenters. The van der Waals surface area contributed by atoms with E-state index < -0.39 is 21.9 Å². The fraction of sp³-hybridized carbons (Fsp3) is 0.310. The number of hydrogen-bond donors (Lipinski definition) is 1. The van der Waals surface area contributed by atoms with E-state index in [1.807, 2.05) is 43.3 Å². The van der Waals surface area contributed by atoms with E-state index in [0.717, 1.165) is 17.4 Å². The molecule has 3 rings (SSSR count). The molecule has 0 fully saturated rings. The van der Waals surface area contributed by atoms with Crippen molar-refractivity contribution in [3.05, 3.63) is 101 Å². The lowest BCUT2D eigenvalue weighted by atomic mass is 10.0. The fourth-order valence-corrected chi connectivity index (χ4v) is 5.25. The van der Waals surface area contributed by atoms with Crippen LogP contribution in [0.4, 0.5) is 10.1 Å². The van der Waals surface area contributed by atoms with Gasteiger partial charge in [0.2, 0.25) is 21.8 Å². The van der Waals surface area contributed by atoms with Crippen molar-refractivity contribution in [3.63, 3.8) is 0 Å². The van der Waals surface area contributed by atoms with Crippen molar-refractivity contribution < 1.29 is 22.4 Å². The predicted octanol–water partition coefficient (Wildman–Crippen LogP) is 4.07. The van der Waals surface area contributed by atoms with E-state index in [0.29, 0.717) is 17.7 Å². The van der Waals surface area contributed by atoms with E-state index in [4.69, 9.17) is 0 Å². The van der Waals surface area contributed by atoms with Gasteiger partial charge in [0.1, 0.15) is 11.9 Å². The highest BCUT2D eigenvalue weighted by Crippen LogP contribution is 2.21. The SMILES string of the molecule is CNC(=O)[C@@H](Cc1ccccc1)N(Cc1ccc(F)cc1)C(=O)CCCN(c1cccc(C)c1)S(C)(=O)=O. The summed E-state index contributed by atoms with van der Waals surface area (Å²) in [6.07, 6.45) is 1.72. The summed E-state index contributed by atoms with van der Waals surface area (Å²) >= 11 is 0. The molecule has 38 heavy (non-hydrogen) atoms. The topological polar surface area (TPSA) is 86.8 Å². The number of likely N-dealkylation sites (N-methyl/N-ethyl adjacent to an activating group) is 1. The van der Waals surface area contributed by atoms with Crippen LogP contribution in [0.5, 0.6) is 0 Å². The number of hydrogen-bond acceptors (Lipinski definition) is 4. The highest BCUT2D eigenvalue weighted by atomic mass is 32.2. The molecule has 202 valence electrons. The van der Waals surface area contributed by atoms with Crippen LogP contribution in [0.3, 0.4) is 0 Å². The molecule has 0 aromatic heterocycles. The van der Waals surface area contributed by atoms with Gasteiger partial charge in [0.05, 0.1) is 11.9 Å². The molecule has 0 aliphatic carbocycles. The van der Waals surface area contributed by atoms with Gasteiger partial charge in [0.15, 0.2) is 0 Å². The molecule has 0 aliphatic heterocycles. The van der Waals surface area contributed by atoms with Crippen LogP contribution in [0.2, 0.25) is 0 Å². The monoisotopic (exact) mass is 539 g/mol. The van der Waals surface area contributed by atoms with E-state index in [2.05, 4.69) is 5.32 Å². The first-order valence-corrected chi connectivity index (χ1v) is 14.3. The number of nitrogens with one attached hydrogen (secondary N) is 1. The Labute approximate surface area is 224 Å². The summed E-state index contributed by atoms with van der Waals surface area (Å²) in [5.41, 5.74) is 3.03. The number of anilines is 1. The predicted molar refractivity (Wildman–Crippen MR) is 148 cm³/mol. The maximum absolute atomic E-state index is 13.6. The van der Waals surface area contributed by atoms with Crippen LogP contribution in [-0.2, 0) is 32.6 Å². The molecule has 3 aromatic carbocycles. The summed E-state index contributed by atoms with van der Waals surface area (Å²) < 4.78 is 39.8. The highest BCUT2D eigenvalue weighted by Gasteiger charge is 2.30. The summed E-state index contributed by atoms with van der Waals surface area (Å²) in [6, 6.07) is 21.6. The molecule has 3 aromatic rings. The molecule has 1 N–H and O–H groups in total. The van der Waals surface area contributed by atoms with Crippen molar-refractivity contribution in [2.45, 2.75) is 38.8 Å². The summed E-state index contributed by atoms with van der Waals surface area (Å²) in [7, 11) is -2.05. The van der Waals surface area contributed by atoms with E-state index in [1.54, 1.807) is 30.3 Å². The molecule has 0 bridgehead atoms. The average molecular weight is 540 g/mol. The van der Waals surface area contributed by atoms with E-state index >= 15 is 0 Å². The minimum atomic E-state index is -3.57. The first kappa shape index (κ1) is 28.8. The van der Waals surface area contributed by atoms with Crippen LogP contribution in [0.25, 0.3) is 0 Å². The zero-order valence-electron chi connectivity index (χ0n) is 21.9. The molecule has 0 saturated heterocycles. The largest absolute Gasteiger partial charge is 0.357 e. The lowest BCUT2D eigenvalue weighted by Gasteiger charge is -2.31. The van der Waals surface area contributed by atoms with Crippen LogP contribution in [0.15, 0.2) is 78.9 Å². The number of nitrogens with zero attached hydrogens (tertiary/aromatic N) is 2. The number of aryl methyl sites for hydroxylation is 1. The number of amides is 2. The second-order valence-electron chi connectivity index (χ2n) is 9.25. The number of carbonyl (C=O) groups is 2. The van der Waals surface area contributed by atoms with Gasteiger partial charge >= 0.3 is 0 Å². The van der Waals surface area contributed by atoms with Crippen LogP contribution in [0, 0.1) is 12.7 Å². The fourth-order valence-electron chi connectivity index (χ4n) is 4.29. The molecule has 0 aliphatic rings. The van der Waals surface area contributed by atoms with Crippen molar-refractivity contribution in [2.24, 2.45) is 0 Å². The molecule has 0 saturated carbocycles. The first-order valence-electron chi connectivity index (χ1n) is 12.4. The van der Waals surface area contributed by atoms with Crippen LogP contribution < -0.4 is 9.62 Å². The molecule has 0 spiro atoms. The Morgan fingerprint density at radius 2 is 1.63 bits per heavy atom. The van der Waals surface area contributed by atoms with Crippen molar-refractivity contribution in [3.8, 4) is 0 Å².